The van der Waals surface area contributed by atoms with Gasteiger partial charge in [-0.25, -0.2) is 0 Å². The number of carboxylic acid groups (broad SMARTS) is 2. The average molecular weight is 336 g/mol. The Morgan fingerprint density at radius 3 is 1.96 bits per heavy atom. The van der Waals surface area contributed by atoms with E-state index in [4.69, 9.17) is 0 Å². The van der Waals surface area contributed by atoms with Gasteiger partial charge in [-0.05, 0) is 52.3 Å². The molecule has 0 bridgehead atoms. The summed E-state index contributed by atoms with van der Waals surface area (Å²) in [6.45, 7) is 4.09. The van der Waals surface area contributed by atoms with Gasteiger partial charge < -0.3 is 10.2 Å². The van der Waals surface area contributed by atoms with E-state index in [1.165, 1.54) is 6.08 Å². The first-order valence-electron chi connectivity index (χ1n) is 8.38. The standard InChI is InChI=1S/C21H20O4/c1-3-13-8-7-9-14(4-2)18(13)16-12-21(19(22)23,20(24)25)17-11-6-5-10-15(16)17/h5-12H,3-4H2,1-2H3,(H,22,23)(H,24,25). The average Bonchev–Trinajstić information content (AvgIpc) is 2.97. The number of fused-ring (bicyclic) bond motifs is 1. The maximum atomic E-state index is 12.0. The van der Waals surface area contributed by atoms with E-state index < -0.39 is 17.4 Å². The molecule has 0 aliphatic heterocycles. The van der Waals surface area contributed by atoms with Crippen molar-refractivity contribution in [1.82, 2.24) is 0 Å². The van der Waals surface area contributed by atoms with Crippen molar-refractivity contribution in [3.63, 3.8) is 0 Å². The summed E-state index contributed by atoms with van der Waals surface area (Å²) in [6.07, 6.45) is 2.99. The smallest absolute Gasteiger partial charge is 0.329 e. The lowest BCUT2D eigenvalue weighted by molar-refractivity contribution is -0.154. The summed E-state index contributed by atoms with van der Waals surface area (Å²) in [4.78, 5) is 24.0. The Morgan fingerprint density at radius 2 is 1.44 bits per heavy atom. The van der Waals surface area contributed by atoms with Crippen molar-refractivity contribution in [2.45, 2.75) is 32.1 Å². The highest BCUT2D eigenvalue weighted by Gasteiger charge is 2.52. The third kappa shape index (κ3) is 2.37. The molecule has 0 aromatic heterocycles. The minimum absolute atomic E-state index is 0.318. The molecule has 3 rings (SSSR count). The third-order valence-corrected chi connectivity index (χ3v) is 4.95. The van der Waals surface area contributed by atoms with Gasteiger partial charge >= 0.3 is 11.9 Å². The summed E-state index contributed by atoms with van der Waals surface area (Å²) in [6, 6.07) is 12.9. The van der Waals surface area contributed by atoms with Crippen molar-refractivity contribution < 1.29 is 19.8 Å². The minimum Gasteiger partial charge on any atom is -0.480 e. The largest absolute Gasteiger partial charge is 0.480 e. The fourth-order valence-corrected chi connectivity index (χ4v) is 3.67. The lowest BCUT2D eigenvalue weighted by atomic mass is 9.83. The fraction of sp³-hybridized carbons (Fsp3) is 0.238. The van der Waals surface area contributed by atoms with E-state index in [9.17, 15) is 19.8 Å². The minimum atomic E-state index is -2.04. The molecule has 0 unspecified atom stereocenters. The van der Waals surface area contributed by atoms with Crippen LogP contribution in [0.5, 0.6) is 0 Å². The Bertz CT molecular complexity index is 856. The van der Waals surface area contributed by atoms with Crippen LogP contribution in [0.25, 0.3) is 5.57 Å². The zero-order chi connectivity index (χ0) is 18.2. The molecule has 4 nitrogen and oxygen atoms in total. The van der Waals surface area contributed by atoms with E-state index in [0.29, 0.717) is 16.7 Å². The molecule has 2 aromatic carbocycles. The molecule has 0 heterocycles. The van der Waals surface area contributed by atoms with Crippen LogP contribution < -0.4 is 0 Å². The van der Waals surface area contributed by atoms with Crippen molar-refractivity contribution >= 4 is 17.5 Å². The predicted molar refractivity (Wildman–Crippen MR) is 95.7 cm³/mol. The molecule has 0 amide bonds. The van der Waals surface area contributed by atoms with Crippen molar-refractivity contribution in [1.29, 1.82) is 0 Å². The van der Waals surface area contributed by atoms with Gasteiger partial charge in [-0.1, -0.05) is 56.3 Å². The summed E-state index contributed by atoms with van der Waals surface area (Å²) >= 11 is 0. The number of aryl methyl sites for hydroxylation is 2. The molecule has 0 saturated carbocycles. The second-order valence-corrected chi connectivity index (χ2v) is 6.18. The van der Waals surface area contributed by atoms with E-state index in [1.54, 1.807) is 18.2 Å². The van der Waals surface area contributed by atoms with Gasteiger partial charge in [-0.15, -0.1) is 0 Å². The summed E-state index contributed by atoms with van der Waals surface area (Å²) in [5.41, 5.74) is 2.80. The molecule has 0 saturated heterocycles. The Labute approximate surface area is 146 Å². The first-order chi connectivity index (χ1) is 12.0. The fourth-order valence-electron chi connectivity index (χ4n) is 3.67. The summed E-state index contributed by atoms with van der Waals surface area (Å²) in [5.74, 6) is -2.73. The SMILES string of the molecule is CCc1cccc(CC)c1C1=CC(C(=O)O)(C(=O)O)c2ccccc21. The first-order valence-corrected chi connectivity index (χ1v) is 8.38. The molecule has 1 aliphatic rings. The molecule has 2 aromatic rings. The zero-order valence-electron chi connectivity index (χ0n) is 14.2. The van der Waals surface area contributed by atoms with Gasteiger partial charge in [0.2, 0.25) is 5.41 Å². The molecule has 4 heteroatoms. The highest BCUT2D eigenvalue weighted by atomic mass is 16.4. The van der Waals surface area contributed by atoms with Crippen LogP contribution in [-0.4, -0.2) is 22.2 Å². The Kier molecular flexibility index (Phi) is 4.21. The lowest BCUT2D eigenvalue weighted by Crippen LogP contribution is -2.40. The Morgan fingerprint density at radius 1 is 0.880 bits per heavy atom. The summed E-state index contributed by atoms with van der Waals surface area (Å²) < 4.78 is 0. The second-order valence-electron chi connectivity index (χ2n) is 6.18. The molecule has 2 N–H and O–H groups in total. The quantitative estimate of drug-likeness (QED) is 0.817. The first kappa shape index (κ1) is 17.0. The van der Waals surface area contributed by atoms with E-state index >= 15 is 0 Å². The zero-order valence-corrected chi connectivity index (χ0v) is 14.2. The Balaban J connectivity index is 2.39. The predicted octanol–water partition coefficient (Wildman–Crippen LogP) is 3.66. The highest BCUT2D eigenvalue weighted by molar-refractivity contribution is 6.13. The van der Waals surface area contributed by atoms with Crippen LogP contribution in [0.1, 0.15) is 41.7 Å². The van der Waals surface area contributed by atoms with Crippen LogP contribution in [0.15, 0.2) is 48.5 Å². The maximum absolute atomic E-state index is 12.0. The van der Waals surface area contributed by atoms with E-state index in [-0.39, 0.29) is 0 Å². The van der Waals surface area contributed by atoms with Crippen molar-refractivity contribution in [2.75, 3.05) is 0 Å². The van der Waals surface area contributed by atoms with Gasteiger partial charge in [0, 0.05) is 0 Å². The highest BCUT2D eigenvalue weighted by Crippen LogP contribution is 2.45. The monoisotopic (exact) mass is 336 g/mol. The second kappa shape index (κ2) is 6.20. The lowest BCUT2D eigenvalue weighted by Gasteiger charge is -2.18. The van der Waals surface area contributed by atoms with E-state index in [1.807, 2.05) is 38.1 Å². The van der Waals surface area contributed by atoms with Crippen molar-refractivity contribution in [3.05, 3.63) is 76.4 Å². The number of aliphatic carboxylic acids is 2. The van der Waals surface area contributed by atoms with Crippen LogP contribution in [0.4, 0.5) is 0 Å². The molecule has 0 spiro atoms. The number of hydrogen-bond acceptors (Lipinski definition) is 2. The topological polar surface area (TPSA) is 74.6 Å². The van der Waals surface area contributed by atoms with Crippen molar-refractivity contribution in [2.24, 2.45) is 0 Å². The normalized spacial score (nSPS) is 14.7. The molecule has 128 valence electrons. The van der Waals surface area contributed by atoms with Crippen LogP contribution >= 0.6 is 0 Å². The van der Waals surface area contributed by atoms with Crippen molar-refractivity contribution in [3.8, 4) is 0 Å². The summed E-state index contributed by atoms with van der Waals surface area (Å²) in [5, 5.41) is 19.5. The van der Waals surface area contributed by atoms with Gasteiger partial charge in [-0.2, -0.15) is 0 Å². The molecule has 1 aliphatic carbocycles. The van der Waals surface area contributed by atoms with E-state index in [0.717, 1.165) is 29.5 Å². The molecular weight excluding hydrogens is 316 g/mol. The molecule has 0 radical (unpaired) electrons. The van der Waals surface area contributed by atoms with Gasteiger partial charge in [0.15, 0.2) is 0 Å². The summed E-state index contributed by atoms with van der Waals surface area (Å²) in [7, 11) is 0. The van der Waals surface area contributed by atoms with Gasteiger partial charge in [0.05, 0.1) is 0 Å². The third-order valence-electron chi connectivity index (χ3n) is 4.95. The number of carboxylic acids is 2. The van der Waals surface area contributed by atoms with Crippen LogP contribution in [0.3, 0.4) is 0 Å². The number of carbonyl (C=O) groups is 2. The number of hydrogen-bond donors (Lipinski definition) is 2. The molecule has 25 heavy (non-hydrogen) atoms. The molecular formula is C21H20O4. The maximum Gasteiger partial charge on any atom is 0.329 e. The molecule has 0 fully saturated rings. The Hall–Kier alpha value is -2.88. The number of benzene rings is 2. The van der Waals surface area contributed by atoms with Gasteiger partial charge in [-0.3, -0.25) is 9.59 Å². The molecule has 0 atom stereocenters. The van der Waals surface area contributed by atoms with E-state index in [2.05, 4.69) is 0 Å². The van der Waals surface area contributed by atoms with Gasteiger partial charge in [0.1, 0.15) is 0 Å². The number of rotatable bonds is 5. The van der Waals surface area contributed by atoms with Gasteiger partial charge in [0.25, 0.3) is 0 Å². The van der Waals surface area contributed by atoms with Crippen LogP contribution in [0.2, 0.25) is 0 Å². The van der Waals surface area contributed by atoms with Crippen LogP contribution in [-0.2, 0) is 27.8 Å². The van der Waals surface area contributed by atoms with Crippen LogP contribution in [0, 0.1) is 0 Å².